The van der Waals surface area contributed by atoms with E-state index in [-0.39, 0.29) is 17.5 Å². The number of aryl methyl sites for hydroxylation is 1. The lowest BCUT2D eigenvalue weighted by Crippen LogP contribution is -2.66. The average Bonchev–Trinajstić information content (AvgIpc) is 3.32. The summed E-state index contributed by atoms with van der Waals surface area (Å²) in [6.45, 7) is 10.3. The van der Waals surface area contributed by atoms with Crippen molar-refractivity contribution in [1.82, 2.24) is 0 Å². The number of fused-ring (bicyclic) bond motifs is 8. The first-order chi connectivity index (χ1) is 31.6. The van der Waals surface area contributed by atoms with Gasteiger partial charge in [-0.15, -0.1) is 0 Å². The van der Waals surface area contributed by atoms with E-state index in [1.54, 1.807) is 33.3 Å². The Labute approximate surface area is 378 Å². The van der Waals surface area contributed by atoms with E-state index in [0.29, 0.717) is 29.4 Å². The second-order valence-electron chi connectivity index (χ2n) is 22.6. The standard InChI is InChI=1S/C60H54BN3/c1-3-9-39-18-21-49-58-55(39)61-50-13-8-12-48-57(50)63(51-14-6-4-10-46(51)59(48)41-24-34-22-35(26-41)27-42(59)25-34)53-32-40(38-16-19-45(62-2)20-17-38)33-54(56(53)61)64(58)52-15-7-5-11-47(52)60(49)43-28-36-23-37(30-43)31-44(60)29-36/h4-8,10-21,32-37,41-44H,3,9,22-31H2,1H3. The molecule has 0 atom stereocenters. The van der Waals surface area contributed by atoms with Crippen LogP contribution in [0.25, 0.3) is 16.0 Å². The highest BCUT2D eigenvalue weighted by Crippen LogP contribution is 2.72. The highest BCUT2D eigenvalue weighted by atomic mass is 15.2. The Morgan fingerprint density at radius 1 is 0.516 bits per heavy atom. The molecule has 0 N–H and O–H groups in total. The van der Waals surface area contributed by atoms with Crippen LogP contribution in [0.3, 0.4) is 0 Å². The third-order valence-corrected chi connectivity index (χ3v) is 20.1. The number of nitrogens with zero attached hydrogens (tertiary/aromatic N) is 3. The topological polar surface area (TPSA) is 10.8 Å². The van der Waals surface area contributed by atoms with E-state index >= 15 is 0 Å². The Hall–Kier alpha value is -5.53. The fraction of sp³-hybridized carbons (Fsp3) is 0.383. The number of para-hydroxylation sites is 3. The molecule has 0 aromatic heterocycles. The van der Waals surface area contributed by atoms with Crippen molar-refractivity contribution in [3.8, 4) is 11.1 Å². The van der Waals surface area contributed by atoms with E-state index in [4.69, 9.17) is 6.57 Å². The summed E-state index contributed by atoms with van der Waals surface area (Å²) in [6, 6.07) is 46.1. The lowest BCUT2D eigenvalue weighted by Gasteiger charge is -2.65. The van der Waals surface area contributed by atoms with E-state index in [1.165, 1.54) is 120 Å². The molecule has 0 radical (unpaired) electrons. The van der Waals surface area contributed by atoms with Gasteiger partial charge < -0.3 is 9.80 Å². The largest absolute Gasteiger partial charge is 0.311 e. The molecule has 4 heteroatoms. The van der Waals surface area contributed by atoms with Gasteiger partial charge in [-0.2, -0.15) is 0 Å². The van der Waals surface area contributed by atoms with Gasteiger partial charge in [-0.1, -0.05) is 110 Å². The van der Waals surface area contributed by atoms with Crippen molar-refractivity contribution >= 4 is 62.9 Å². The summed E-state index contributed by atoms with van der Waals surface area (Å²) in [6.07, 6.45) is 16.2. The highest BCUT2D eigenvalue weighted by molar-refractivity contribution is 7.00. The predicted molar refractivity (Wildman–Crippen MR) is 262 cm³/mol. The van der Waals surface area contributed by atoms with E-state index in [2.05, 4.69) is 125 Å². The van der Waals surface area contributed by atoms with Crippen LogP contribution >= 0.6 is 0 Å². The predicted octanol–water partition coefficient (Wildman–Crippen LogP) is 13.1. The van der Waals surface area contributed by atoms with Gasteiger partial charge in [-0.05, 0) is 192 Å². The van der Waals surface area contributed by atoms with Gasteiger partial charge in [0.2, 0.25) is 0 Å². The van der Waals surface area contributed by atoms with Crippen molar-refractivity contribution in [3.05, 3.63) is 154 Å². The molecule has 0 unspecified atom stereocenters. The van der Waals surface area contributed by atoms with Gasteiger partial charge in [0.05, 0.1) is 17.9 Å². The van der Waals surface area contributed by atoms with E-state index in [0.717, 1.165) is 36.5 Å². The van der Waals surface area contributed by atoms with Crippen molar-refractivity contribution in [3.63, 3.8) is 0 Å². The Morgan fingerprint density at radius 3 is 1.58 bits per heavy atom. The van der Waals surface area contributed by atoms with E-state index in [9.17, 15) is 0 Å². The molecule has 0 saturated heterocycles. The lowest BCUT2D eigenvalue weighted by molar-refractivity contribution is -0.0419. The van der Waals surface area contributed by atoms with Crippen LogP contribution in [0.5, 0.6) is 0 Å². The normalized spacial score (nSPS) is 32.6. The molecule has 8 saturated carbocycles. The van der Waals surface area contributed by atoms with Crippen LogP contribution in [-0.4, -0.2) is 6.71 Å². The van der Waals surface area contributed by atoms with Crippen LogP contribution in [0.15, 0.2) is 115 Å². The molecule has 12 aliphatic rings. The minimum absolute atomic E-state index is 0.0447. The molecule has 4 heterocycles. The average molecular weight is 828 g/mol. The fourth-order valence-corrected chi connectivity index (χ4v) is 18.7. The summed E-state index contributed by atoms with van der Waals surface area (Å²) in [4.78, 5) is 9.41. The second kappa shape index (κ2) is 12.2. The van der Waals surface area contributed by atoms with Gasteiger partial charge in [0.1, 0.15) is 0 Å². The van der Waals surface area contributed by atoms with E-state index < -0.39 is 0 Å². The number of hydrogen-bond acceptors (Lipinski definition) is 2. The molecule has 3 nitrogen and oxygen atoms in total. The van der Waals surface area contributed by atoms with Crippen molar-refractivity contribution in [2.24, 2.45) is 47.3 Å². The van der Waals surface area contributed by atoms with Gasteiger partial charge in [-0.3, -0.25) is 0 Å². The van der Waals surface area contributed by atoms with Gasteiger partial charge in [0.15, 0.2) is 5.69 Å². The third-order valence-electron chi connectivity index (χ3n) is 20.1. The molecule has 6 aromatic carbocycles. The molecule has 18 rings (SSSR count). The smallest absolute Gasteiger partial charge is 0.252 e. The summed E-state index contributed by atoms with van der Waals surface area (Å²) in [5, 5.41) is 0. The maximum atomic E-state index is 7.81. The first-order valence-electron chi connectivity index (χ1n) is 25.3. The van der Waals surface area contributed by atoms with E-state index in [1.807, 2.05) is 12.1 Å². The Balaban J connectivity index is 1.04. The highest BCUT2D eigenvalue weighted by Gasteiger charge is 2.65. The van der Waals surface area contributed by atoms with Gasteiger partial charge in [-0.25, -0.2) is 4.85 Å². The summed E-state index contributed by atoms with van der Waals surface area (Å²) >= 11 is 0. The zero-order valence-electron chi connectivity index (χ0n) is 37.0. The minimum Gasteiger partial charge on any atom is -0.311 e. The van der Waals surface area contributed by atoms with Crippen LogP contribution in [-0.2, 0) is 17.3 Å². The lowest BCUT2D eigenvalue weighted by atomic mass is 9.31. The van der Waals surface area contributed by atoms with Crippen LogP contribution in [0.1, 0.15) is 105 Å². The van der Waals surface area contributed by atoms with Crippen LogP contribution in [0.4, 0.5) is 39.8 Å². The molecule has 64 heavy (non-hydrogen) atoms. The summed E-state index contributed by atoms with van der Waals surface area (Å²) in [5.41, 5.74) is 24.4. The summed E-state index contributed by atoms with van der Waals surface area (Å²) < 4.78 is 0. The second-order valence-corrected chi connectivity index (χ2v) is 22.6. The molecule has 4 aliphatic heterocycles. The SMILES string of the molecule is [C-]#[N+]c1ccc(-c2cc3c4c(c2)N2c5ccccc5C5(c6ccc(CCC)c(c62)B4c2cccc4c2N3c2ccccc2C42C3CC4CC(C3)CC2C4)C2CC3CC(C2)CC5C3)cc1. The Morgan fingerprint density at radius 2 is 1.03 bits per heavy atom. The maximum Gasteiger partial charge on any atom is 0.252 e. The molecule has 0 amide bonds. The molecule has 8 aliphatic carbocycles. The van der Waals surface area contributed by atoms with Gasteiger partial charge in [0.25, 0.3) is 6.71 Å². The van der Waals surface area contributed by atoms with Crippen LogP contribution in [0.2, 0.25) is 0 Å². The van der Waals surface area contributed by atoms with Crippen molar-refractivity contribution in [2.45, 2.75) is 94.8 Å². The third kappa shape index (κ3) is 4.08. The molecule has 2 spiro atoms. The molecular weight excluding hydrogens is 773 g/mol. The van der Waals surface area contributed by atoms with Gasteiger partial charge in [0, 0.05) is 33.6 Å². The zero-order chi connectivity index (χ0) is 41.8. The summed E-state index contributed by atoms with van der Waals surface area (Å²) in [5.74, 6) is 6.36. The van der Waals surface area contributed by atoms with Crippen LogP contribution in [0, 0.1) is 53.9 Å². The Kier molecular flexibility index (Phi) is 6.83. The molecule has 8 fully saturated rings. The number of benzene rings is 6. The number of anilines is 6. The minimum atomic E-state index is 0.0447. The quantitative estimate of drug-likeness (QED) is 0.130. The first kappa shape index (κ1) is 35.8. The van der Waals surface area contributed by atoms with Crippen molar-refractivity contribution < 1.29 is 0 Å². The maximum absolute atomic E-state index is 7.81. The zero-order valence-corrected chi connectivity index (χ0v) is 37.0. The number of hydrogen-bond donors (Lipinski definition) is 0. The summed E-state index contributed by atoms with van der Waals surface area (Å²) in [7, 11) is 0. The first-order valence-corrected chi connectivity index (χ1v) is 25.3. The van der Waals surface area contributed by atoms with Crippen molar-refractivity contribution in [1.29, 1.82) is 0 Å². The molecule has 6 aromatic rings. The molecule has 8 bridgehead atoms. The van der Waals surface area contributed by atoms with Crippen molar-refractivity contribution in [2.75, 3.05) is 9.80 Å². The molecule has 312 valence electrons. The number of rotatable bonds is 3. The van der Waals surface area contributed by atoms with Crippen LogP contribution < -0.4 is 26.2 Å². The monoisotopic (exact) mass is 827 g/mol. The Bertz CT molecular complexity index is 3020. The fourth-order valence-electron chi connectivity index (χ4n) is 18.7. The van der Waals surface area contributed by atoms with Gasteiger partial charge >= 0.3 is 0 Å². The molecular formula is C60H54BN3.